The minimum absolute atomic E-state index is 0.126. The van der Waals surface area contributed by atoms with Crippen LogP contribution in [0.5, 0.6) is 5.75 Å². The van der Waals surface area contributed by atoms with Crippen LogP contribution in [0.2, 0.25) is 0 Å². The van der Waals surface area contributed by atoms with Crippen LogP contribution < -0.4 is 10.1 Å². The molecule has 2 unspecified atom stereocenters. The number of fused-ring (bicyclic) bond motifs is 1. The standard InChI is InChI=1S/C21H26FN3O5S/c1-5-12(10-22)28-13-6-7-14-16(8-13)29-18(24-14)9-15(26)17-11-23-19(31-17)25-20(27)30-21(2,3)4/h6-8,11-12,15,26H,5,9-10H2,1-4H3,(H,23,25,27). The Kier molecular flexibility index (Phi) is 7.11. The van der Waals surface area contributed by atoms with Gasteiger partial charge in [-0.3, -0.25) is 5.32 Å². The summed E-state index contributed by atoms with van der Waals surface area (Å²) in [4.78, 5) is 20.9. The van der Waals surface area contributed by atoms with E-state index in [0.29, 0.717) is 39.2 Å². The van der Waals surface area contributed by atoms with E-state index in [9.17, 15) is 14.3 Å². The molecule has 3 aromatic rings. The molecule has 1 aromatic carbocycles. The maximum atomic E-state index is 12.9. The largest absolute Gasteiger partial charge is 0.488 e. The number of ether oxygens (including phenoxy) is 2. The first-order chi connectivity index (χ1) is 14.7. The van der Waals surface area contributed by atoms with Crippen molar-refractivity contribution in [2.24, 2.45) is 0 Å². The summed E-state index contributed by atoms with van der Waals surface area (Å²) in [5.74, 6) is 0.841. The summed E-state index contributed by atoms with van der Waals surface area (Å²) < 4.78 is 29.4. The average molecular weight is 452 g/mol. The van der Waals surface area contributed by atoms with Crippen LogP contribution in [0.15, 0.2) is 28.8 Å². The van der Waals surface area contributed by atoms with Crippen molar-refractivity contribution in [1.82, 2.24) is 9.97 Å². The molecule has 2 atom stereocenters. The smallest absolute Gasteiger partial charge is 0.413 e. The number of hydrogen-bond donors (Lipinski definition) is 2. The molecule has 0 spiro atoms. The zero-order valence-corrected chi connectivity index (χ0v) is 18.7. The monoisotopic (exact) mass is 451 g/mol. The Hall–Kier alpha value is -2.72. The van der Waals surface area contributed by atoms with Gasteiger partial charge in [0.25, 0.3) is 0 Å². The van der Waals surface area contributed by atoms with Gasteiger partial charge in [0.05, 0.1) is 17.4 Å². The number of aliphatic hydroxyl groups excluding tert-OH is 1. The number of nitrogens with one attached hydrogen (secondary N) is 1. The minimum atomic E-state index is -0.911. The molecule has 0 radical (unpaired) electrons. The van der Waals surface area contributed by atoms with E-state index in [4.69, 9.17) is 13.9 Å². The van der Waals surface area contributed by atoms with Crippen LogP contribution in [0, 0.1) is 0 Å². The van der Waals surface area contributed by atoms with Crippen LogP contribution in [-0.2, 0) is 11.2 Å². The molecular formula is C21H26FN3O5S. The highest BCUT2D eigenvalue weighted by molar-refractivity contribution is 7.15. The van der Waals surface area contributed by atoms with E-state index in [1.54, 1.807) is 39.0 Å². The summed E-state index contributed by atoms with van der Waals surface area (Å²) in [7, 11) is 0. The van der Waals surface area contributed by atoms with E-state index in [0.717, 1.165) is 11.3 Å². The molecule has 0 saturated heterocycles. The molecule has 2 aromatic heterocycles. The van der Waals surface area contributed by atoms with Crippen molar-refractivity contribution in [3.8, 4) is 5.75 Å². The highest BCUT2D eigenvalue weighted by Gasteiger charge is 2.20. The molecule has 31 heavy (non-hydrogen) atoms. The molecule has 8 nitrogen and oxygen atoms in total. The van der Waals surface area contributed by atoms with Gasteiger partial charge in [-0.1, -0.05) is 18.3 Å². The number of thiazole rings is 1. The quantitative estimate of drug-likeness (QED) is 0.494. The molecule has 0 aliphatic heterocycles. The van der Waals surface area contributed by atoms with Gasteiger partial charge in [0.15, 0.2) is 16.6 Å². The average Bonchev–Trinajstić information content (AvgIpc) is 3.30. The van der Waals surface area contributed by atoms with Gasteiger partial charge in [0.2, 0.25) is 0 Å². The summed E-state index contributed by atoms with van der Waals surface area (Å²) in [5.41, 5.74) is 0.481. The second-order valence-electron chi connectivity index (χ2n) is 7.95. The van der Waals surface area contributed by atoms with Gasteiger partial charge in [0, 0.05) is 12.3 Å². The van der Waals surface area contributed by atoms with Gasteiger partial charge in [-0.25, -0.2) is 19.2 Å². The SMILES string of the molecule is CCC(CF)Oc1ccc2nc(CC(O)c3cnc(NC(=O)OC(C)(C)C)s3)oc2c1. The van der Waals surface area contributed by atoms with Crippen LogP contribution in [0.1, 0.15) is 51.0 Å². The van der Waals surface area contributed by atoms with Gasteiger partial charge >= 0.3 is 6.09 Å². The van der Waals surface area contributed by atoms with Crippen molar-refractivity contribution >= 4 is 33.7 Å². The lowest BCUT2D eigenvalue weighted by Crippen LogP contribution is -2.27. The number of rotatable bonds is 8. The van der Waals surface area contributed by atoms with Crippen LogP contribution in [0.25, 0.3) is 11.1 Å². The summed E-state index contributed by atoms with van der Waals surface area (Å²) in [6.07, 6.45) is 0.141. The maximum Gasteiger partial charge on any atom is 0.413 e. The van der Waals surface area contributed by atoms with E-state index < -0.39 is 30.6 Å². The Labute approximate surface area is 183 Å². The lowest BCUT2D eigenvalue weighted by atomic mass is 10.2. The fourth-order valence-electron chi connectivity index (χ4n) is 2.69. The van der Waals surface area contributed by atoms with Gasteiger partial charge in [-0.15, -0.1) is 0 Å². The highest BCUT2D eigenvalue weighted by atomic mass is 32.1. The first-order valence-electron chi connectivity index (χ1n) is 9.92. The number of alkyl halides is 1. The van der Waals surface area contributed by atoms with Crippen LogP contribution in [0.4, 0.5) is 14.3 Å². The van der Waals surface area contributed by atoms with E-state index in [-0.39, 0.29) is 6.42 Å². The van der Waals surface area contributed by atoms with Crippen LogP contribution in [-0.4, -0.2) is 39.5 Å². The van der Waals surface area contributed by atoms with E-state index in [1.807, 2.05) is 6.92 Å². The Bertz CT molecular complexity index is 1030. The topological polar surface area (TPSA) is 107 Å². The number of aromatic nitrogens is 2. The number of halogens is 1. The second-order valence-corrected chi connectivity index (χ2v) is 9.02. The number of aliphatic hydroxyl groups is 1. The van der Waals surface area contributed by atoms with E-state index >= 15 is 0 Å². The summed E-state index contributed by atoms with van der Waals surface area (Å²) in [6.45, 7) is 6.58. The van der Waals surface area contributed by atoms with Gasteiger partial charge in [-0.05, 0) is 39.3 Å². The lowest BCUT2D eigenvalue weighted by Gasteiger charge is -2.18. The molecule has 10 heteroatoms. The third kappa shape index (κ3) is 6.38. The van der Waals surface area contributed by atoms with E-state index in [1.165, 1.54) is 6.20 Å². The first kappa shape index (κ1) is 23.0. The Morgan fingerprint density at radius 2 is 2.16 bits per heavy atom. The van der Waals surface area contributed by atoms with E-state index in [2.05, 4.69) is 15.3 Å². The van der Waals surface area contributed by atoms with Gasteiger partial charge in [-0.2, -0.15) is 0 Å². The summed E-state index contributed by atoms with van der Waals surface area (Å²) in [5, 5.41) is 13.4. The number of carbonyl (C=O) groups is 1. The predicted octanol–water partition coefficient (Wildman–Crippen LogP) is 5.03. The van der Waals surface area contributed by atoms with Crippen molar-refractivity contribution in [3.05, 3.63) is 35.2 Å². The lowest BCUT2D eigenvalue weighted by molar-refractivity contribution is 0.0636. The number of benzene rings is 1. The van der Waals surface area contributed by atoms with Crippen LogP contribution in [0.3, 0.4) is 0 Å². The number of carbonyl (C=O) groups excluding carboxylic acids is 1. The zero-order chi connectivity index (χ0) is 22.6. The molecule has 0 saturated carbocycles. The van der Waals surface area contributed by atoms with Crippen molar-refractivity contribution in [3.63, 3.8) is 0 Å². The zero-order valence-electron chi connectivity index (χ0n) is 17.8. The van der Waals surface area contributed by atoms with Crippen molar-refractivity contribution in [2.75, 3.05) is 12.0 Å². The third-order valence-corrected chi connectivity index (χ3v) is 5.18. The van der Waals surface area contributed by atoms with Crippen molar-refractivity contribution < 1.29 is 28.2 Å². The Morgan fingerprint density at radius 1 is 1.39 bits per heavy atom. The molecule has 0 fully saturated rings. The van der Waals surface area contributed by atoms with Crippen LogP contribution >= 0.6 is 11.3 Å². The fourth-order valence-corrected chi connectivity index (χ4v) is 3.47. The molecule has 1 amide bonds. The number of hydrogen-bond acceptors (Lipinski definition) is 8. The fraction of sp³-hybridized carbons (Fsp3) is 0.476. The van der Waals surface area contributed by atoms with Crippen molar-refractivity contribution in [1.29, 1.82) is 0 Å². The minimum Gasteiger partial charge on any atom is -0.488 e. The second kappa shape index (κ2) is 9.61. The molecule has 0 bridgehead atoms. The molecule has 0 aliphatic rings. The summed E-state index contributed by atoms with van der Waals surface area (Å²) >= 11 is 1.14. The molecule has 168 valence electrons. The molecule has 2 heterocycles. The number of anilines is 1. The van der Waals surface area contributed by atoms with Crippen molar-refractivity contribution in [2.45, 2.75) is 58.3 Å². The summed E-state index contributed by atoms with van der Waals surface area (Å²) in [6, 6.07) is 5.10. The predicted molar refractivity (Wildman–Crippen MR) is 115 cm³/mol. The normalized spacial score (nSPS) is 13.7. The maximum absolute atomic E-state index is 12.9. The molecule has 2 N–H and O–H groups in total. The molecule has 0 aliphatic carbocycles. The van der Waals surface area contributed by atoms with Gasteiger partial charge in [0.1, 0.15) is 29.6 Å². The Balaban J connectivity index is 1.64. The number of amides is 1. The number of oxazole rings is 1. The van der Waals surface area contributed by atoms with Gasteiger partial charge < -0.3 is 19.0 Å². The third-order valence-electron chi connectivity index (χ3n) is 4.16. The molecular weight excluding hydrogens is 425 g/mol. The molecule has 3 rings (SSSR count). The first-order valence-corrected chi connectivity index (χ1v) is 10.7. The number of nitrogens with zero attached hydrogens (tertiary/aromatic N) is 2. The Morgan fingerprint density at radius 3 is 2.84 bits per heavy atom. The highest BCUT2D eigenvalue weighted by Crippen LogP contribution is 2.29.